The van der Waals surface area contributed by atoms with Gasteiger partial charge in [-0.3, -0.25) is 0 Å². The van der Waals surface area contributed by atoms with Gasteiger partial charge in [-0.1, -0.05) is 6.07 Å². The summed E-state index contributed by atoms with van der Waals surface area (Å²) in [6, 6.07) is 8.20. The number of hydrogen-bond acceptors (Lipinski definition) is 3. The highest BCUT2D eigenvalue weighted by Crippen LogP contribution is 2.27. The van der Waals surface area contributed by atoms with Crippen molar-refractivity contribution in [3.05, 3.63) is 30.5 Å². The van der Waals surface area contributed by atoms with Crippen molar-refractivity contribution < 1.29 is 8.42 Å². The van der Waals surface area contributed by atoms with Crippen LogP contribution in [0.2, 0.25) is 0 Å². The number of rotatable bonds is 3. The summed E-state index contributed by atoms with van der Waals surface area (Å²) in [5, 5.41) is 1.18. The second-order valence-corrected chi connectivity index (χ2v) is 6.69. The van der Waals surface area contributed by atoms with Crippen molar-refractivity contribution in [1.82, 2.24) is 14.0 Å². The van der Waals surface area contributed by atoms with Crippen LogP contribution in [0.25, 0.3) is 10.9 Å². The molecular weight excluding hydrogens is 276 g/mol. The first-order valence-corrected chi connectivity index (χ1v) is 8.05. The summed E-state index contributed by atoms with van der Waals surface area (Å²) in [7, 11) is -1.86. The second kappa shape index (κ2) is 5.08. The topological polar surface area (TPSA) is 68.4 Å². The number of hydrogen-bond donors (Lipinski definition) is 2. The van der Waals surface area contributed by atoms with E-state index in [4.69, 9.17) is 0 Å². The molecule has 0 saturated carbocycles. The lowest BCUT2D eigenvalue weighted by Crippen LogP contribution is -2.51. The van der Waals surface area contributed by atoms with E-state index in [-0.39, 0.29) is 0 Å². The molecule has 1 aromatic heterocycles. The minimum absolute atomic E-state index is 0.504. The van der Waals surface area contributed by atoms with Crippen LogP contribution in [-0.4, -0.2) is 50.9 Å². The van der Waals surface area contributed by atoms with Crippen LogP contribution in [0.5, 0.6) is 0 Å². The number of nitrogens with zero attached hydrogens (tertiary/aromatic N) is 2. The molecular formula is C13H18N4O2S. The number of H-pyrrole nitrogens is 1. The standard InChI is InChI=1S/C13H18N4O2S/c1-14-20(18,19)17-9-7-16(8-10-17)13-4-2-3-12-11(13)5-6-15-12/h2-6,14-15H,7-10H2,1H3. The van der Waals surface area contributed by atoms with Gasteiger partial charge in [-0.05, 0) is 18.2 Å². The van der Waals surface area contributed by atoms with E-state index in [0.717, 1.165) is 11.2 Å². The van der Waals surface area contributed by atoms with Gasteiger partial charge < -0.3 is 9.88 Å². The predicted molar refractivity (Wildman–Crippen MR) is 80.1 cm³/mol. The first-order chi connectivity index (χ1) is 9.62. The Labute approximate surface area is 118 Å². The maximum Gasteiger partial charge on any atom is 0.279 e. The largest absolute Gasteiger partial charge is 0.368 e. The van der Waals surface area contributed by atoms with E-state index >= 15 is 0 Å². The average Bonchev–Trinajstić information content (AvgIpc) is 2.95. The fourth-order valence-electron chi connectivity index (χ4n) is 2.64. The molecule has 1 aliphatic rings. The van der Waals surface area contributed by atoms with Crippen molar-refractivity contribution in [2.45, 2.75) is 0 Å². The summed E-state index contributed by atoms with van der Waals surface area (Å²) in [6.07, 6.45) is 1.93. The zero-order valence-electron chi connectivity index (χ0n) is 11.3. The van der Waals surface area contributed by atoms with Crippen LogP contribution in [0.15, 0.2) is 30.5 Å². The lowest BCUT2D eigenvalue weighted by molar-refractivity contribution is 0.381. The second-order valence-electron chi connectivity index (χ2n) is 4.81. The third-order valence-corrected chi connectivity index (χ3v) is 5.31. The van der Waals surface area contributed by atoms with Crippen molar-refractivity contribution in [3.8, 4) is 0 Å². The molecule has 1 fully saturated rings. The molecule has 1 aliphatic heterocycles. The number of fused-ring (bicyclic) bond motifs is 1. The smallest absolute Gasteiger partial charge is 0.279 e. The predicted octanol–water partition coefficient (Wildman–Crippen LogP) is 0.754. The molecule has 20 heavy (non-hydrogen) atoms. The van der Waals surface area contributed by atoms with Gasteiger partial charge >= 0.3 is 0 Å². The van der Waals surface area contributed by atoms with Crippen LogP contribution < -0.4 is 9.62 Å². The molecule has 1 aromatic carbocycles. The normalized spacial score (nSPS) is 17.8. The Bertz CT molecular complexity index is 702. The van der Waals surface area contributed by atoms with Crippen molar-refractivity contribution in [1.29, 1.82) is 0 Å². The Hall–Kier alpha value is -1.57. The van der Waals surface area contributed by atoms with Gasteiger partial charge in [0.2, 0.25) is 0 Å². The van der Waals surface area contributed by atoms with Crippen molar-refractivity contribution in [2.75, 3.05) is 38.1 Å². The Morgan fingerprint density at radius 3 is 2.60 bits per heavy atom. The van der Waals surface area contributed by atoms with Crippen LogP contribution in [-0.2, 0) is 10.2 Å². The first kappa shape index (κ1) is 13.4. The maximum absolute atomic E-state index is 11.8. The molecule has 0 atom stereocenters. The first-order valence-electron chi connectivity index (χ1n) is 6.61. The van der Waals surface area contributed by atoms with E-state index in [1.807, 2.05) is 18.3 Å². The SMILES string of the molecule is CNS(=O)(=O)N1CCN(c2cccc3[nH]ccc23)CC1. The summed E-state index contributed by atoms with van der Waals surface area (Å²) in [6.45, 7) is 2.41. The molecule has 7 heteroatoms. The number of aromatic amines is 1. The molecule has 0 spiro atoms. The Morgan fingerprint density at radius 2 is 1.90 bits per heavy atom. The van der Waals surface area contributed by atoms with Crippen LogP contribution in [0.1, 0.15) is 0 Å². The summed E-state index contributed by atoms with van der Waals surface area (Å²) in [4.78, 5) is 5.43. The van der Waals surface area contributed by atoms with Gasteiger partial charge in [-0.25, -0.2) is 4.72 Å². The van der Waals surface area contributed by atoms with Crippen molar-refractivity contribution >= 4 is 26.8 Å². The van der Waals surface area contributed by atoms with Gasteiger partial charge in [0.15, 0.2) is 0 Å². The summed E-state index contributed by atoms with van der Waals surface area (Å²) in [5.41, 5.74) is 2.26. The average molecular weight is 294 g/mol. The van der Waals surface area contributed by atoms with Gasteiger partial charge in [0, 0.05) is 56.0 Å². The number of piperazine rings is 1. The monoisotopic (exact) mass is 294 g/mol. The van der Waals surface area contributed by atoms with E-state index in [1.54, 1.807) is 0 Å². The lowest BCUT2D eigenvalue weighted by Gasteiger charge is -2.35. The van der Waals surface area contributed by atoms with Crippen molar-refractivity contribution in [3.63, 3.8) is 0 Å². The number of aromatic nitrogens is 1. The van der Waals surface area contributed by atoms with Gasteiger partial charge in [0.25, 0.3) is 10.2 Å². The van der Waals surface area contributed by atoms with E-state index in [1.165, 1.54) is 16.7 Å². The van der Waals surface area contributed by atoms with Crippen molar-refractivity contribution in [2.24, 2.45) is 0 Å². The third-order valence-electron chi connectivity index (χ3n) is 3.75. The molecule has 0 aliphatic carbocycles. The molecule has 0 amide bonds. The molecule has 3 rings (SSSR count). The van der Waals surface area contributed by atoms with Gasteiger partial charge in [-0.15, -0.1) is 0 Å². The quantitative estimate of drug-likeness (QED) is 0.878. The maximum atomic E-state index is 11.8. The number of benzene rings is 1. The molecule has 0 bridgehead atoms. The van der Waals surface area contributed by atoms with Crippen LogP contribution >= 0.6 is 0 Å². The summed E-state index contributed by atoms with van der Waals surface area (Å²) < 4.78 is 27.4. The fourth-order valence-corrected chi connectivity index (χ4v) is 3.55. The molecule has 0 radical (unpaired) electrons. The third kappa shape index (κ3) is 2.28. The number of anilines is 1. The minimum Gasteiger partial charge on any atom is -0.368 e. The van der Waals surface area contributed by atoms with E-state index in [9.17, 15) is 8.42 Å². The van der Waals surface area contributed by atoms with E-state index in [0.29, 0.717) is 26.2 Å². The molecule has 2 aromatic rings. The van der Waals surface area contributed by atoms with Crippen LogP contribution in [0.3, 0.4) is 0 Å². The Kier molecular flexibility index (Phi) is 3.41. The highest BCUT2D eigenvalue weighted by Gasteiger charge is 2.26. The Balaban J connectivity index is 1.80. The molecule has 1 saturated heterocycles. The molecule has 2 N–H and O–H groups in total. The van der Waals surface area contributed by atoms with Gasteiger partial charge in [0.05, 0.1) is 0 Å². The molecule has 6 nitrogen and oxygen atoms in total. The summed E-state index contributed by atoms with van der Waals surface area (Å²) >= 11 is 0. The van der Waals surface area contributed by atoms with Gasteiger partial charge in [0.1, 0.15) is 0 Å². The van der Waals surface area contributed by atoms with Crippen LogP contribution in [0.4, 0.5) is 5.69 Å². The highest BCUT2D eigenvalue weighted by atomic mass is 32.2. The van der Waals surface area contributed by atoms with Gasteiger partial charge in [-0.2, -0.15) is 12.7 Å². The zero-order valence-corrected chi connectivity index (χ0v) is 12.2. The highest BCUT2D eigenvalue weighted by molar-refractivity contribution is 7.87. The lowest BCUT2D eigenvalue weighted by atomic mass is 10.2. The van der Waals surface area contributed by atoms with E-state index in [2.05, 4.69) is 26.7 Å². The fraction of sp³-hybridized carbons (Fsp3) is 0.385. The van der Waals surface area contributed by atoms with E-state index < -0.39 is 10.2 Å². The molecule has 108 valence electrons. The van der Waals surface area contributed by atoms with Crippen LogP contribution in [0, 0.1) is 0 Å². The summed E-state index contributed by atoms with van der Waals surface area (Å²) in [5.74, 6) is 0. The number of nitrogens with one attached hydrogen (secondary N) is 2. The Morgan fingerprint density at radius 1 is 1.15 bits per heavy atom. The minimum atomic E-state index is -3.31. The molecule has 2 heterocycles. The molecule has 0 unspecified atom stereocenters. The zero-order chi connectivity index (χ0) is 14.2.